The van der Waals surface area contributed by atoms with E-state index >= 15 is 0 Å². The summed E-state index contributed by atoms with van der Waals surface area (Å²) in [6.45, 7) is 5.77. The minimum atomic E-state index is -3.80. The van der Waals surface area contributed by atoms with Gasteiger partial charge in [-0.05, 0) is 26.0 Å². The third-order valence-corrected chi connectivity index (χ3v) is 4.83. The van der Waals surface area contributed by atoms with E-state index in [4.69, 9.17) is 9.47 Å². The summed E-state index contributed by atoms with van der Waals surface area (Å²) in [6.07, 6.45) is 0. The minimum absolute atomic E-state index is 0.0492. The molecule has 0 bridgehead atoms. The monoisotopic (exact) mass is 326 g/mol. The van der Waals surface area contributed by atoms with Crippen molar-refractivity contribution in [3.63, 3.8) is 0 Å². The molecule has 7 heteroatoms. The largest absolute Gasteiger partial charge is 0.461 e. The number of hydrogen-bond acceptors (Lipinski definition) is 6. The highest BCUT2D eigenvalue weighted by molar-refractivity contribution is 7.92. The Hall–Kier alpha value is -2.15. The second kappa shape index (κ2) is 7.74. The van der Waals surface area contributed by atoms with Crippen molar-refractivity contribution >= 4 is 21.8 Å². The lowest BCUT2D eigenvalue weighted by Crippen LogP contribution is -2.30. The quantitative estimate of drug-likeness (QED) is 0.429. The fourth-order valence-corrected chi connectivity index (χ4v) is 2.72. The van der Waals surface area contributed by atoms with Crippen LogP contribution in [0.25, 0.3) is 0 Å². The summed E-state index contributed by atoms with van der Waals surface area (Å²) in [5.41, 5.74) is 0.228. The van der Waals surface area contributed by atoms with Crippen LogP contribution in [0.1, 0.15) is 13.8 Å². The molecule has 0 aliphatic heterocycles. The molecule has 0 aromatic heterocycles. The molecule has 1 rings (SSSR count). The number of sulfone groups is 1. The fourth-order valence-electron chi connectivity index (χ4n) is 1.46. The zero-order chi connectivity index (χ0) is 16.8. The van der Waals surface area contributed by atoms with Crippen LogP contribution in [0.15, 0.2) is 47.4 Å². The highest BCUT2D eigenvalue weighted by Crippen LogP contribution is 2.16. The number of benzene rings is 1. The predicted molar refractivity (Wildman–Crippen MR) is 79.8 cm³/mol. The molecule has 0 heterocycles. The number of hydrogen-bond donors (Lipinski definition) is 0. The van der Waals surface area contributed by atoms with Crippen LogP contribution >= 0.6 is 0 Å². The van der Waals surface area contributed by atoms with E-state index in [1.807, 2.05) is 0 Å². The molecule has 0 aliphatic carbocycles. The van der Waals surface area contributed by atoms with Gasteiger partial charge in [0.25, 0.3) is 0 Å². The molecule has 0 aliphatic rings. The summed E-state index contributed by atoms with van der Waals surface area (Å²) in [4.78, 5) is 22.9. The molecule has 0 saturated carbocycles. The van der Waals surface area contributed by atoms with Gasteiger partial charge in [0.05, 0.1) is 4.90 Å². The Morgan fingerprint density at radius 2 is 1.68 bits per heavy atom. The summed E-state index contributed by atoms with van der Waals surface area (Å²) in [7, 11) is -3.80. The van der Waals surface area contributed by atoms with Gasteiger partial charge >= 0.3 is 11.9 Å². The van der Waals surface area contributed by atoms with Gasteiger partial charge in [-0.15, -0.1) is 0 Å². The van der Waals surface area contributed by atoms with Crippen LogP contribution in [0, 0.1) is 0 Å². The van der Waals surface area contributed by atoms with E-state index < -0.39 is 27.0 Å². The van der Waals surface area contributed by atoms with Gasteiger partial charge in [-0.1, -0.05) is 24.8 Å². The second-order valence-corrected chi connectivity index (χ2v) is 6.85. The number of rotatable bonds is 7. The zero-order valence-electron chi connectivity index (χ0n) is 12.4. The average molecular weight is 326 g/mol. The van der Waals surface area contributed by atoms with Crippen LogP contribution in [0.4, 0.5) is 0 Å². The molecule has 6 nitrogen and oxygen atoms in total. The Kier molecular flexibility index (Phi) is 6.30. The molecule has 22 heavy (non-hydrogen) atoms. The van der Waals surface area contributed by atoms with Crippen molar-refractivity contribution in [2.45, 2.75) is 24.0 Å². The van der Waals surface area contributed by atoms with Crippen molar-refractivity contribution in [2.75, 3.05) is 13.2 Å². The molecule has 0 fully saturated rings. The molecule has 0 amide bonds. The first-order valence-electron chi connectivity index (χ1n) is 6.55. The zero-order valence-corrected chi connectivity index (χ0v) is 13.3. The van der Waals surface area contributed by atoms with Gasteiger partial charge in [-0.2, -0.15) is 0 Å². The SMILES string of the molecule is C=C(C)C(=O)OCCOC(=O)C(C)S(=O)(=O)c1ccccc1. The molecule has 0 N–H and O–H groups in total. The van der Waals surface area contributed by atoms with Crippen molar-refractivity contribution in [3.8, 4) is 0 Å². The lowest BCUT2D eigenvalue weighted by Gasteiger charge is -2.12. The van der Waals surface area contributed by atoms with Crippen molar-refractivity contribution < 1.29 is 27.5 Å². The Labute approximate surface area is 129 Å². The number of ether oxygens (including phenoxy) is 2. The van der Waals surface area contributed by atoms with Gasteiger partial charge in [0.1, 0.15) is 13.2 Å². The van der Waals surface area contributed by atoms with Crippen molar-refractivity contribution in [2.24, 2.45) is 0 Å². The molecular weight excluding hydrogens is 308 g/mol. The Morgan fingerprint density at radius 3 is 2.23 bits per heavy atom. The van der Waals surface area contributed by atoms with Crippen molar-refractivity contribution in [1.82, 2.24) is 0 Å². The first-order valence-corrected chi connectivity index (χ1v) is 8.09. The van der Waals surface area contributed by atoms with Crippen LogP contribution in [-0.4, -0.2) is 38.8 Å². The third kappa shape index (κ3) is 4.70. The molecule has 1 aromatic rings. The molecule has 0 saturated heterocycles. The Balaban J connectivity index is 2.55. The first-order chi connectivity index (χ1) is 10.3. The third-order valence-electron chi connectivity index (χ3n) is 2.78. The minimum Gasteiger partial charge on any atom is -0.461 e. The van der Waals surface area contributed by atoms with Gasteiger partial charge in [0.15, 0.2) is 15.1 Å². The fraction of sp³-hybridized carbons (Fsp3) is 0.333. The van der Waals surface area contributed by atoms with E-state index in [2.05, 4.69) is 6.58 Å². The number of carbonyl (C=O) groups excluding carboxylic acids is 2. The standard InChI is InChI=1S/C15H18O6S/c1-11(2)14(16)20-9-10-21-15(17)12(3)22(18,19)13-7-5-4-6-8-13/h4-8,12H,1,9-10H2,2-3H3. The van der Waals surface area contributed by atoms with Crippen LogP contribution in [0.5, 0.6) is 0 Å². The molecule has 1 aromatic carbocycles. The van der Waals surface area contributed by atoms with E-state index in [-0.39, 0.29) is 23.7 Å². The van der Waals surface area contributed by atoms with Gasteiger partial charge in [0, 0.05) is 5.57 Å². The molecule has 1 unspecified atom stereocenters. The van der Waals surface area contributed by atoms with Gasteiger partial charge in [-0.25, -0.2) is 13.2 Å². The van der Waals surface area contributed by atoms with Crippen LogP contribution in [0.3, 0.4) is 0 Å². The van der Waals surface area contributed by atoms with E-state index in [1.165, 1.54) is 26.0 Å². The normalized spacial score (nSPS) is 12.3. The molecule has 1 atom stereocenters. The Morgan fingerprint density at radius 1 is 1.14 bits per heavy atom. The molecule has 0 radical (unpaired) electrons. The summed E-state index contributed by atoms with van der Waals surface area (Å²) in [5, 5.41) is -1.34. The van der Waals surface area contributed by atoms with E-state index in [1.54, 1.807) is 18.2 Å². The van der Waals surface area contributed by atoms with Crippen LogP contribution in [-0.2, 0) is 28.9 Å². The maximum Gasteiger partial charge on any atom is 0.333 e. The summed E-state index contributed by atoms with van der Waals surface area (Å²) >= 11 is 0. The van der Waals surface area contributed by atoms with Crippen molar-refractivity contribution in [1.29, 1.82) is 0 Å². The van der Waals surface area contributed by atoms with Crippen LogP contribution < -0.4 is 0 Å². The highest BCUT2D eigenvalue weighted by Gasteiger charge is 2.30. The van der Waals surface area contributed by atoms with Gasteiger partial charge in [0.2, 0.25) is 0 Å². The Bertz CT molecular complexity index is 648. The second-order valence-electron chi connectivity index (χ2n) is 4.58. The molecule has 0 spiro atoms. The van der Waals surface area contributed by atoms with E-state index in [0.717, 1.165) is 0 Å². The van der Waals surface area contributed by atoms with Crippen LogP contribution in [0.2, 0.25) is 0 Å². The summed E-state index contributed by atoms with van der Waals surface area (Å²) in [6, 6.07) is 7.64. The topological polar surface area (TPSA) is 86.7 Å². The van der Waals surface area contributed by atoms with E-state index in [0.29, 0.717) is 0 Å². The lowest BCUT2D eigenvalue weighted by molar-refractivity contribution is -0.149. The maximum absolute atomic E-state index is 12.2. The number of esters is 2. The highest BCUT2D eigenvalue weighted by atomic mass is 32.2. The van der Waals surface area contributed by atoms with Gasteiger partial charge < -0.3 is 9.47 Å². The predicted octanol–water partition coefficient (Wildman–Crippen LogP) is 1.51. The van der Waals surface area contributed by atoms with Gasteiger partial charge in [-0.3, -0.25) is 4.79 Å². The first kappa shape index (κ1) is 17.9. The van der Waals surface area contributed by atoms with E-state index in [9.17, 15) is 18.0 Å². The molecule has 120 valence electrons. The smallest absolute Gasteiger partial charge is 0.333 e. The molecular formula is C15H18O6S. The number of carbonyl (C=O) groups is 2. The average Bonchev–Trinajstić information content (AvgIpc) is 2.50. The maximum atomic E-state index is 12.2. The summed E-state index contributed by atoms with van der Waals surface area (Å²) in [5.74, 6) is -1.49. The summed E-state index contributed by atoms with van der Waals surface area (Å²) < 4.78 is 34.0. The van der Waals surface area contributed by atoms with Crippen molar-refractivity contribution in [3.05, 3.63) is 42.5 Å². The lowest BCUT2D eigenvalue weighted by atomic mass is 10.4.